The molecule has 0 fully saturated rings. The normalized spacial score (nSPS) is 12.7. The lowest BCUT2D eigenvalue weighted by atomic mass is 10.3. The van der Waals surface area contributed by atoms with Crippen LogP contribution in [0.5, 0.6) is 0 Å². The SMILES string of the molecule is C[C@@H](Sc1ccc(F)cc1F)C(=O)Nc1cccc(S(N)(=O)=O)c1. The van der Waals surface area contributed by atoms with Crippen LogP contribution in [0, 0.1) is 11.6 Å². The number of amides is 1. The summed E-state index contributed by atoms with van der Waals surface area (Å²) in [5, 5.41) is 6.87. The number of anilines is 1. The molecule has 0 aromatic heterocycles. The molecule has 0 aliphatic rings. The Morgan fingerprint density at radius 1 is 1.21 bits per heavy atom. The minimum Gasteiger partial charge on any atom is -0.325 e. The number of sulfonamides is 1. The van der Waals surface area contributed by atoms with Crippen molar-refractivity contribution in [3.63, 3.8) is 0 Å². The van der Waals surface area contributed by atoms with Crippen molar-refractivity contribution in [3.8, 4) is 0 Å². The number of carbonyl (C=O) groups excluding carboxylic acids is 1. The topological polar surface area (TPSA) is 89.3 Å². The Morgan fingerprint density at radius 3 is 2.54 bits per heavy atom. The molecule has 1 atom stereocenters. The van der Waals surface area contributed by atoms with Crippen molar-refractivity contribution >= 4 is 33.4 Å². The number of thioether (sulfide) groups is 1. The predicted molar refractivity (Wildman–Crippen MR) is 88.1 cm³/mol. The molecule has 24 heavy (non-hydrogen) atoms. The van der Waals surface area contributed by atoms with Crippen LogP contribution in [0.15, 0.2) is 52.3 Å². The van der Waals surface area contributed by atoms with Gasteiger partial charge in [0, 0.05) is 16.6 Å². The second kappa shape index (κ2) is 7.29. The first kappa shape index (κ1) is 18.4. The van der Waals surface area contributed by atoms with Gasteiger partial charge in [0.05, 0.1) is 10.1 Å². The van der Waals surface area contributed by atoms with E-state index in [1.165, 1.54) is 30.3 Å². The van der Waals surface area contributed by atoms with E-state index >= 15 is 0 Å². The van der Waals surface area contributed by atoms with E-state index in [0.717, 1.165) is 23.9 Å². The van der Waals surface area contributed by atoms with Gasteiger partial charge in [-0.3, -0.25) is 4.79 Å². The Balaban J connectivity index is 2.09. The number of hydrogen-bond donors (Lipinski definition) is 2. The Morgan fingerprint density at radius 2 is 1.92 bits per heavy atom. The van der Waals surface area contributed by atoms with Crippen molar-refractivity contribution in [1.29, 1.82) is 0 Å². The molecule has 9 heteroatoms. The summed E-state index contributed by atoms with van der Waals surface area (Å²) in [7, 11) is -3.88. The van der Waals surface area contributed by atoms with Gasteiger partial charge in [-0.2, -0.15) is 0 Å². The summed E-state index contributed by atoms with van der Waals surface area (Å²) >= 11 is 0.919. The highest BCUT2D eigenvalue weighted by Gasteiger charge is 2.18. The summed E-state index contributed by atoms with van der Waals surface area (Å²) in [6.45, 7) is 1.55. The van der Waals surface area contributed by atoms with Crippen LogP contribution in [-0.2, 0) is 14.8 Å². The molecule has 1 amide bonds. The van der Waals surface area contributed by atoms with Crippen molar-refractivity contribution in [2.45, 2.75) is 22.0 Å². The average Bonchev–Trinajstić information content (AvgIpc) is 2.49. The van der Waals surface area contributed by atoms with Crippen molar-refractivity contribution in [3.05, 3.63) is 54.1 Å². The van der Waals surface area contributed by atoms with Crippen molar-refractivity contribution < 1.29 is 22.0 Å². The molecule has 5 nitrogen and oxygen atoms in total. The molecule has 0 spiro atoms. The summed E-state index contributed by atoms with van der Waals surface area (Å²) in [5.74, 6) is -1.92. The standard InChI is InChI=1S/C15H14F2N2O3S2/c1-9(23-14-6-5-10(16)7-13(14)17)15(20)19-11-3-2-4-12(8-11)24(18,21)22/h2-9H,1H3,(H,19,20)(H2,18,21,22)/t9-/m1/s1. The highest BCUT2D eigenvalue weighted by molar-refractivity contribution is 8.00. The van der Waals surface area contributed by atoms with Gasteiger partial charge >= 0.3 is 0 Å². The molecular weight excluding hydrogens is 358 g/mol. The molecule has 0 radical (unpaired) electrons. The van der Waals surface area contributed by atoms with Gasteiger partial charge in [-0.1, -0.05) is 6.07 Å². The van der Waals surface area contributed by atoms with Crippen LogP contribution in [0.3, 0.4) is 0 Å². The summed E-state index contributed by atoms with van der Waals surface area (Å²) in [4.78, 5) is 12.1. The first-order valence-electron chi connectivity index (χ1n) is 6.72. The van der Waals surface area contributed by atoms with Gasteiger partial charge in [-0.25, -0.2) is 22.3 Å². The lowest BCUT2D eigenvalue weighted by Gasteiger charge is -2.13. The monoisotopic (exact) mass is 372 g/mol. The third-order valence-electron chi connectivity index (χ3n) is 3.00. The van der Waals surface area contributed by atoms with Gasteiger partial charge in [0.1, 0.15) is 11.6 Å². The Bertz CT molecular complexity index is 873. The number of rotatable bonds is 5. The zero-order valence-corrected chi connectivity index (χ0v) is 14.1. The number of hydrogen-bond acceptors (Lipinski definition) is 4. The zero-order valence-electron chi connectivity index (χ0n) is 12.5. The highest BCUT2D eigenvalue weighted by atomic mass is 32.2. The second-order valence-electron chi connectivity index (χ2n) is 4.90. The molecule has 0 saturated heterocycles. The highest BCUT2D eigenvalue weighted by Crippen LogP contribution is 2.27. The third kappa shape index (κ3) is 4.76. The van der Waals surface area contributed by atoms with Crippen LogP contribution in [0.1, 0.15) is 6.92 Å². The van der Waals surface area contributed by atoms with E-state index in [2.05, 4.69) is 5.32 Å². The lowest BCUT2D eigenvalue weighted by molar-refractivity contribution is -0.115. The zero-order chi connectivity index (χ0) is 17.9. The lowest BCUT2D eigenvalue weighted by Crippen LogP contribution is -2.22. The molecule has 0 heterocycles. The van der Waals surface area contributed by atoms with Gasteiger partial charge in [-0.15, -0.1) is 11.8 Å². The molecule has 2 aromatic carbocycles. The van der Waals surface area contributed by atoms with E-state index in [9.17, 15) is 22.0 Å². The van der Waals surface area contributed by atoms with Gasteiger partial charge in [0.25, 0.3) is 0 Å². The number of benzene rings is 2. The summed E-state index contributed by atoms with van der Waals surface area (Å²) in [6, 6.07) is 8.56. The van der Waals surface area contributed by atoms with Gasteiger partial charge in [0.15, 0.2) is 0 Å². The molecule has 2 aromatic rings. The van der Waals surface area contributed by atoms with Gasteiger partial charge in [0.2, 0.25) is 15.9 Å². The van der Waals surface area contributed by atoms with E-state index in [1.807, 2.05) is 0 Å². The van der Waals surface area contributed by atoms with E-state index in [0.29, 0.717) is 0 Å². The van der Waals surface area contributed by atoms with Crippen LogP contribution < -0.4 is 10.5 Å². The molecule has 0 bridgehead atoms. The fourth-order valence-corrected chi connectivity index (χ4v) is 3.23. The fourth-order valence-electron chi connectivity index (χ4n) is 1.81. The van der Waals surface area contributed by atoms with Crippen LogP contribution in [0.25, 0.3) is 0 Å². The number of nitrogens with one attached hydrogen (secondary N) is 1. The summed E-state index contributed by atoms with van der Waals surface area (Å²) in [6.07, 6.45) is 0. The van der Waals surface area contributed by atoms with E-state index < -0.39 is 32.8 Å². The Kier molecular flexibility index (Phi) is 5.58. The van der Waals surface area contributed by atoms with E-state index in [-0.39, 0.29) is 15.5 Å². The molecule has 3 N–H and O–H groups in total. The molecule has 0 aliphatic carbocycles. The van der Waals surface area contributed by atoms with Crippen LogP contribution in [0.2, 0.25) is 0 Å². The van der Waals surface area contributed by atoms with E-state index in [1.54, 1.807) is 6.92 Å². The quantitative estimate of drug-likeness (QED) is 0.790. The maximum absolute atomic E-state index is 13.6. The van der Waals surface area contributed by atoms with E-state index in [4.69, 9.17) is 5.14 Å². The van der Waals surface area contributed by atoms with Crippen LogP contribution in [-0.4, -0.2) is 19.6 Å². The molecule has 128 valence electrons. The minimum absolute atomic E-state index is 0.134. The fraction of sp³-hybridized carbons (Fsp3) is 0.133. The first-order valence-corrected chi connectivity index (χ1v) is 9.15. The summed E-state index contributed by atoms with van der Waals surface area (Å²) in [5.41, 5.74) is 0.249. The second-order valence-corrected chi connectivity index (χ2v) is 7.84. The molecule has 0 saturated carbocycles. The molecule has 2 rings (SSSR count). The number of primary sulfonamides is 1. The van der Waals surface area contributed by atoms with Gasteiger partial charge in [-0.05, 0) is 37.3 Å². The maximum Gasteiger partial charge on any atom is 0.238 e. The number of carbonyl (C=O) groups is 1. The smallest absolute Gasteiger partial charge is 0.238 e. The Hall–Kier alpha value is -1.97. The van der Waals surface area contributed by atoms with Crippen molar-refractivity contribution in [2.24, 2.45) is 5.14 Å². The van der Waals surface area contributed by atoms with Crippen LogP contribution >= 0.6 is 11.8 Å². The minimum atomic E-state index is -3.88. The number of nitrogens with two attached hydrogens (primary N) is 1. The average molecular weight is 372 g/mol. The third-order valence-corrected chi connectivity index (χ3v) is 5.06. The first-order chi connectivity index (χ1) is 11.2. The predicted octanol–water partition coefficient (Wildman–Crippen LogP) is 2.73. The van der Waals surface area contributed by atoms with Gasteiger partial charge < -0.3 is 5.32 Å². The molecule has 0 unspecified atom stereocenters. The van der Waals surface area contributed by atoms with Crippen molar-refractivity contribution in [1.82, 2.24) is 0 Å². The molecule has 0 aliphatic heterocycles. The molecular formula is C15H14F2N2O3S2. The Labute approximate surface area is 142 Å². The summed E-state index contributed by atoms with van der Waals surface area (Å²) < 4.78 is 49.1. The van der Waals surface area contributed by atoms with Crippen LogP contribution in [0.4, 0.5) is 14.5 Å². The van der Waals surface area contributed by atoms with Crippen molar-refractivity contribution in [2.75, 3.05) is 5.32 Å². The largest absolute Gasteiger partial charge is 0.325 e. The number of halogens is 2. The maximum atomic E-state index is 13.6.